The number of likely N-dealkylation sites (N-methyl/N-ethyl adjacent to an activating group) is 1. The van der Waals surface area contributed by atoms with Crippen LogP contribution in [0, 0.1) is 0 Å². The number of amides is 1. The van der Waals surface area contributed by atoms with Crippen molar-refractivity contribution in [2.45, 2.75) is 25.8 Å². The van der Waals surface area contributed by atoms with Crippen molar-refractivity contribution in [3.05, 3.63) is 47.0 Å². The van der Waals surface area contributed by atoms with Gasteiger partial charge in [-0.15, -0.1) is 0 Å². The van der Waals surface area contributed by atoms with Crippen molar-refractivity contribution >= 4 is 23.5 Å². The number of carbonyl (C=O) groups excluding carboxylic acids is 2. The van der Waals surface area contributed by atoms with Gasteiger partial charge in [-0.25, -0.2) is 0 Å². The summed E-state index contributed by atoms with van der Waals surface area (Å²) in [4.78, 5) is 28.0. The zero-order valence-electron chi connectivity index (χ0n) is 20.6. The Morgan fingerprint density at radius 2 is 1.62 bits per heavy atom. The normalized spacial score (nSPS) is 16.2. The molecule has 0 aliphatic carbocycles. The lowest BCUT2D eigenvalue weighted by molar-refractivity contribution is -0.119. The molecule has 182 valence electrons. The number of ether oxygens (including phenoxy) is 4. The van der Waals surface area contributed by atoms with Crippen LogP contribution in [-0.2, 0) is 4.79 Å². The molecule has 0 bridgehead atoms. The van der Waals surface area contributed by atoms with Crippen LogP contribution in [0.4, 0.5) is 5.69 Å². The van der Waals surface area contributed by atoms with Gasteiger partial charge in [0.2, 0.25) is 11.7 Å². The maximum atomic E-state index is 13.2. The molecule has 0 saturated carbocycles. The molecule has 2 aromatic rings. The second kappa shape index (κ2) is 11.1. The van der Waals surface area contributed by atoms with E-state index in [1.807, 2.05) is 18.0 Å². The smallest absolute Gasteiger partial charge is 0.241 e. The number of benzene rings is 2. The summed E-state index contributed by atoms with van der Waals surface area (Å²) < 4.78 is 21.5. The van der Waals surface area contributed by atoms with Gasteiger partial charge in [0.25, 0.3) is 0 Å². The molecule has 1 aliphatic heterocycles. The lowest BCUT2D eigenvalue weighted by Gasteiger charge is -2.19. The summed E-state index contributed by atoms with van der Waals surface area (Å²) in [5.41, 5.74) is 2.24. The van der Waals surface area contributed by atoms with Gasteiger partial charge in [-0.1, -0.05) is 6.07 Å². The molecule has 1 saturated heterocycles. The van der Waals surface area contributed by atoms with E-state index in [0.29, 0.717) is 39.8 Å². The molecule has 1 atom stereocenters. The van der Waals surface area contributed by atoms with Crippen LogP contribution in [-0.4, -0.2) is 64.7 Å². The Labute approximate surface area is 200 Å². The summed E-state index contributed by atoms with van der Waals surface area (Å²) in [7, 11) is 8.03. The van der Waals surface area contributed by atoms with Crippen molar-refractivity contribution in [1.82, 2.24) is 4.90 Å². The Bertz CT molecular complexity index is 1070. The van der Waals surface area contributed by atoms with Gasteiger partial charge in [-0.2, -0.15) is 0 Å². The van der Waals surface area contributed by atoms with Gasteiger partial charge < -0.3 is 24.3 Å². The fraction of sp³-hybridized carbons (Fsp3) is 0.385. The Hall–Kier alpha value is -3.52. The third-order valence-corrected chi connectivity index (χ3v) is 5.97. The van der Waals surface area contributed by atoms with Gasteiger partial charge in [0.15, 0.2) is 17.3 Å². The van der Waals surface area contributed by atoms with E-state index in [0.717, 1.165) is 24.9 Å². The molecule has 8 heteroatoms. The summed E-state index contributed by atoms with van der Waals surface area (Å²) in [6.45, 7) is 2.64. The minimum atomic E-state index is -0.187. The molecule has 1 unspecified atom stereocenters. The standard InChI is InChI=1S/C26H32N2O6/c1-16(24(29)18-14-22(32-4)25(34-6)23(15-18)33-5)12-17-9-10-21(31-3)19(13-17)27-26(30)20-8-7-11-28(20)2/h9-10,12-15,20H,7-8,11H2,1-6H3,(H,27,30)/b16-12+. The number of ketones is 1. The van der Waals surface area contributed by atoms with E-state index in [1.165, 1.54) is 21.3 Å². The first-order chi connectivity index (χ1) is 16.3. The Morgan fingerprint density at radius 3 is 2.15 bits per heavy atom. The number of hydrogen-bond acceptors (Lipinski definition) is 7. The van der Waals surface area contributed by atoms with Crippen LogP contribution in [0.5, 0.6) is 23.0 Å². The molecule has 1 fully saturated rings. The van der Waals surface area contributed by atoms with E-state index >= 15 is 0 Å². The molecular weight excluding hydrogens is 436 g/mol. The van der Waals surface area contributed by atoms with Gasteiger partial charge >= 0.3 is 0 Å². The van der Waals surface area contributed by atoms with Gasteiger partial charge in [-0.3, -0.25) is 14.5 Å². The first-order valence-electron chi connectivity index (χ1n) is 11.0. The van der Waals surface area contributed by atoms with E-state index in [2.05, 4.69) is 5.32 Å². The van der Waals surface area contributed by atoms with Gasteiger partial charge in [0.1, 0.15) is 5.75 Å². The fourth-order valence-electron chi connectivity index (χ4n) is 4.13. The van der Waals surface area contributed by atoms with E-state index in [-0.39, 0.29) is 17.7 Å². The van der Waals surface area contributed by atoms with Crippen molar-refractivity contribution in [2.75, 3.05) is 47.3 Å². The van der Waals surface area contributed by atoms with Crippen molar-refractivity contribution in [3.8, 4) is 23.0 Å². The number of likely N-dealkylation sites (tertiary alicyclic amines) is 1. The first-order valence-corrected chi connectivity index (χ1v) is 11.0. The molecular formula is C26H32N2O6. The molecule has 0 spiro atoms. The lowest BCUT2D eigenvalue weighted by Crippen LogP contribution is -2.37. The second-order valence-electron chi connectivity index (χ2n) is 8.16. The van der Waals surface area contributed by atoms with Crippen LogP contribution < -0.4 is 24.3 Å². The zero-order chi connectivity index (χ0) is 24.8. The summed E-state index contributed by atoms with van der Waals surface area (Å²) >= 11 is 0. The number of methoxy groups -OCH3 is 4. The van der Waals surface area contributed by atoms with Crippen LogP contribution in [0.1, 0.15) is 35.7 Å². The molecule has 1 aliphatic rings. The number of allylic oxidation sites excluding steroid dienone is 1. The highest BCUT2D eigenvalue weighted by molar-refractivity contribution is 6.11. The van der Waals surface area contributed by atoms with Crippen molar-refractivity contribution in [1.29, 1.82) is 0 Å². The third kappa shape index (κ3) is 5.34. The number of nitrogens with zero attached hydrogens (tertiary/aromatic N) is 1. The lowest BCUT2D eigenvalue weighted by atomic mass is 10.0. The third-order valence-electron chi connectivity index (χ3n) is 5.97. The Balaban J connectivity index is 1.88. The highest BCUT2D eigenvalue weighted by Crippen LogP contribution is 2.39. The maximum absolute atomic E-state index is 13.2. The first kappa shape index (κ1) is 25.1. The SMILES string of the molecule is COc1ccc(/C=C(\C)C(=O)c2cc(OC)c(OC)c(OC)c2)cc1NC(=O)C1CCCN1C. The summed E-state index contributed by atoms with van der Waals surface area (Å²) in [5.74, 6) is 1.54. The molecule has 8 nitrogen and oxygen atoms in total. The largest absolute Gasteiger partial charge is 0.495 e. The average molecular weight is 469 g/mol. The van der Waals surface area contributed by atoms with E-state index in [4.69, 9.17) is 18.9 Å². The minimum absolute atomic E-state index is 0.0651. The molecule has 1 amide bonds. The Kier molecular flexibility index (Phi) is 8.17. The van der Waals surface area contributed by atoms with Crippen molar-refractivity contribution in [2.24, 2.45) is 0 Å². The number of Topliss-reactive ketones (excluding diaryl/α,β-unsaturated/α-hetero) is 1. The fourth-order valence-corrected chi connectivity index (χ4v) is 4.13. The van der Waals surface area contributed by atoms with Crippen LogP contribution in [0.15, 0.2) is 35.9 Å². The van der Waals surface area contributed by atoms with Gasteiger partial charge in [0.05, 0.1) is 40.2 Å². The summed E-state index contributed by atoms with van der Waals surface area (Å²) in [6, 6.07) is 8.50. The quantitative estimate of drug-likeness (QED) is 0.439. The minimum Gasteiger partial charge on any atom is -0.495 e. The summed E-state index contributed by atoms with van der Waals surface area (Å²) in [5, 5.41) is 2.98. The van der Waals surface area contributed by atoms with Gasteiger partial charge in [-0.05, 0) is 74.8 Å². The highest BCUT2D eigenvalue weighted by Gasteiger charge is 2.28. The molecule has 34 heavy (non-hydrogen) atoms. The Morgan fingerprint density at radius 1 is 0.971 bits per heavy atom. The zero-order valence-corrected chi connectivity index (χ0v) is 20.6. The monoisotopic (exact) mass is 468 g/mol. The average Bonchev–Trinajstić information content (AvgIpc) is 3.28. The second-order valence-corrected chi connectivity index (χ2v) is 8.16. The van der Waals surface area contributed by atoms with Gasteiger partial charge in [0, 0.05) is 5.56 Å². The van der Waals surface area contributed by atoms with E-state index in [1.54, 1.807) is 44.4 Å². The highest BCUT2D eigenvalue weighted by atomic mass is 16.5. The van der Waals surface area contributed by atoms with E-state index < -0.39 is 0 Å². The molecule has 3 rings (SSSR count). The van der Waals surface area contributed by atoms with E-state index in [9.17, 15) is 9.59 Å². The predicted octanol–water partition coefficient (Wildman–Crippen LogP) is 4.04. The number of rotatable bonds is 9. The topological polar surface area (TPSA) is 86.3 Å². The van der Waals surface area contributed by atoms with Crippen LogP contribution >= 0.6 is 0 Å². The number of hydrogen-bond donors (Lipinski definition) is 1. The molecule has 1 N–H and O–H groups in total. The van der Waals surface area contributed by atoms with Crippen LogP contribution in [0.3, 0.4) is 0 Å². The molecule has 2 aromatic carbocycles. The molecule has 0 radical (unpaired) electrons. The number of nitrogens with one attached hydrogen (secondary N) is 1. The molecule has 0 aromatic heterocycles. The van der Waals surface area contributed by atoms with Crippen LogP contribution in [0.25, 0.3) is 6.08 Å². The number of anilines is 1. The number of carbonyl (C=O) groups is 2. The van der Waals surface area contributed by atoms with Crippen molar-refractivity contribution < 1.29 is 28.5 Å². The van der Waals surface area contributed by atoms with Crippen molar-refractivity contribution in [3.63, 3.8) is 0 Å². The predicted molar refractivity (Wildman–Crippen MR) is 131 cm³/mol. The molecule has 1 heterocycles. The summed E-state index contributed by atoms with van der Waals surface area (Å²) in [6.07, 6.45) is 3.59. The van der Waals surface area contributed by atoms with Crippen LogP contribution in [0.2, 0.25) is 0 Å². The maximum Gasteiger partial charge on any atom is 0.241 e.